The van der Waals surface area contributed by atoms with Gasteiger partial charge in [-0.05, 0) is 49.4 Å². The number of anilines is 1. The molecule has 3 aromatic carbocycles. The maximum atomic E-state index is 13.1. The highest BCUT2D eigenvalue weighted by Gasteiger charge is 2.20. The number of H-pyrrole nitrogens is 1. The Kier molecular flexibility index (Phi) is 6.27. The Labute approximate surface area is 229 Å². The molecule has 0 unspecified atom stereocenters. The summed E-state index contributed by atoms with van der Waals surface area (Å²) in [5, 5.41) is 14.5. The van der Waals surface area contributed by atoms with Crippen LogP contribution in [0.4, 0.5) is 5.69 Å². The average molecular weight is 553 g/mol. The quantitative estimate of drug-likeness (QED) is 0.270. The van der Waals surface area contributed by atoms with E-state index in [1.807, 2.05) is 55.5 Å². The van der Waals surface area contributed by atoms with Crippen molar-refractivity contribution in [1.82, 2.24) is 25.0 Å². The first-order valence-corrected chi connectivity index (χ1v) is 14.2. The fourth-order valence-electron chi connectivity index (χ4n) is 4.46. The summed E-state index contributed by atoms with van der Waals surface area (Å²) >= 11 is 0. The van der Waals surface area contributed by atoms with Crippen molar-refractivity contribution in [3.8, 4) is 28.4 Å². The first-order chi connectivity index (χ1) is 19.3. The topological polar surface area (TPSA) is 136 Å². The first-order valence-electron chi connectivity index (χ1n) is 12.5. The number of hydrogen-bond acceptors (Lipinski definition) is 7. The molecule has 0 atom stereocenters. The summed E-state index contributed by atoms with van der Waals surface area (Å²) in [6.07, 6.45) is 3.15. The molecule has 3 aromatic heterocycles. The second kappa shape index (κ2) is 9.93. The minimum absolute atomic E-state index is 0.00307. The highest BCUT2D eigenvalue weighted by Crippen LogP contribution is 2.33. The lowest BCUT2D eigenvalue weighted by molar-refractivity contribution is 0.102. The molecular formula is C29H24N6O4S. The minimum Gasteiger partial charge on any atom is -0.436 e. The predicted octanol–water partition coefficient (Wildman–Crippen LogP) is 5.42. The number of aromatic nitrogens is 5. The van der Waals surface area contributed by atoms with Gasteiger partial charge in [0, 0.05) is 11.3 Å². The molecule has 6 aromatic rings. The number of carbonyl (C=O) groups excluding carboxylic acids is 1. The smallest absolute Gasteiger partial charge is 0.259 e. The van der Waals surface area contributed by atoms with Crippen LogP contribution in [0.3, 0.4) is 0 Å². The van der Waals surface area contributed by atoms with Gasteiger partial charge in [0.15, 0.2) is 15.4 Å². The van der Waals surface area contributed by atoms with Crippen molar-refractivity contribution in [3.05, 3.63) is 96.4 Å². The Balaban J connectivity index is 1.28. The summed E-state index contributed by atoms with van der Waals surface area (Å²) < 4.78 is 32.3. The van der Waals surface area contributed by atoms with Crippen LogP contribution in [0.1, 0.15) is 23.0 Å². The van der Waals surface area contributed by atoms with E-state index in [4.69, 9.17) is 4.42 Å². The summed E-state index contributed by atoms with van der Waals surface area (Å²) in [6.45, 7) is 3.45. The Morgan fingerprint density at radius 1 is 1.02 bits per heavy atom. The Morgan fingerprint density at radius 2 is 1.85 bits per heavy atom. The zero-order valence-electron chi connectivity index (χ0n) is 21.6. The molecule has 0 aliphatic rings. The van der Waals surface area contributed by atoms with Gasteiger partial charge in [0.2, 0.25) is 5.89 Å². The zero-order valence-corrected chi connectivity index (χ0v) is 22.4. The highest BCUT2D eigenvalue weighted by atomic mass is 32.2. The third-order valence-electron chi connectivity index (χ3n) is 6.63. The van der Waals surface area contributed by atoms with Gasteiger partial charge < -0.3 is 9.73 Å². The molecule has 0 spiro atoms. The van der Waals surface area contributed by atoms with E-state index in [-0.39, 0.29) is 16.6 Å². The number of fused-ring (bicyclic) bond motifs is 1. The van der Waals surface area contributed by atoms with Crippen LogP contribution in [0.15, 0.2) is 94.5 Å². The molecule has 10 nitrogen and oxygen atoms in total. The molecule has 1 amide bonds. The number of sulfone groups is 1. The molecule has 200 valence electrons. The van der Waals surface area contributed by atoms with Gasteiger partial charge in [0.05, 0.1) is 51.2 Å². The highest BCUT2D eigenvalue weighted by molar-refractivity contribution is 7.91. The van der Waals surface area contributed by atoms with Gasteiger partial charge in [0.1, 0.15) is 5.52 Å². The second-order valence-electron chi connectivity index (χ2n) is 9.14. The van der Waals surface area contributed by atoms with E-state index in [1.54, 1.807) is 36.1 Å². The molecule has 0 aliphatic carbocycles. The summed E-state index contributed by atoms with van der Waals surface area (Å²) in [5.74, 6) is 0.0123. The molecule has 2 N–H and O–H groups in total. The number of oxazole rings is 1. The third-order valence-corrected chi connectivity index (χ3v) is 8.36. The van der Waals surface area contributed by atoms with Crippen molar-refractivity contribution in [1.29, 1.82) is 0 Å². The van der Waals surface area contributed by atoms with E-state index < -0.39 is 9.84 Å². The van der Waals surface area contributed by atoms with E-state index >= 15 is 0 Å². The lowest BCUT2D eigenvalue weighted by Gasteiger charge is -2.08. The average Bonchev–Trinajstić information content (AvgIpc) is 3.71. The molecule has 0 saturated heterocycles. The van der Waals surface area contributed by atoms with Gasteiger partial charge in [0.25, 0.3) is 5.91 Å². The van der Waals surface area contributed by atoms with Crippen LogP contribution in [0.5, 0.6) is 0 Å². The van der Waals surface area contributed by atoms with E-state index in [1.165, 1.54) is 12.1 Å². The first kappa shape index (κ1) is 25.3. The number of benzene rings is 3. The molecule has 0 aliphatic heterocycles. The van der Waals surface area contributed by atoms with Crippen LogP contribution >= 0.6 is 0 Å². The Bertz CT molecular complexity index is 1970. The van der Waals surface area contributed by atoms with E-state index in [2.05, 4.69) is 25.6 Å². The van der Waals surface area contributed by atoms with E-state index in [0.717, 1.165) is 16.9 Å². The summed E-state index contributed by atoms with van der Waals surface area (Å²) in [4.78, 5) is 17.9. The number of carbonyl (C=O) groups is 1. The zero-order chi connectivity index (χ0) is 27.9. The number of para-hydroxylation sites is 1. The van der Waals surface area contributed by atoms with Crippen molar-refractivity contribution in [2.45, 2.75) is 18.7 Å². The number of hydrogen-bond donors (Lipinski definition) is 2. The molecule has 0 bridgehead atoms. The molecule has 40 heavy (non-hydrogen) atoms. The van der Waals surface area contributed by atoms with Crippen molar-refractivity contribution in [2.75, 3.05) is 11.1 Å². The van der Waals surface area contributed by atoms with Gasteiger partial charge in [-0.2, -0.15) is 10.2 Å². The summed E-state index contributed by atoms with van der Waals surface area (Å²) in [7, 11) is -3.38. The van der Waals surface area contributed by atoms with Crippen molar-refractivity contribution in [2.24, 2.45) is 0 Å². The van der Waals surface area contributed by atoms with Gasteiger partial charge >= 0.3 is 0 Å². The van der Waals surface area contributed by atoms with Gasteiger partial charge in [-0.25, -0.2) is 18.1 Å². The number of nitrogens with zero attached hydrogens (tertiary/aromatic N) is 4. The Hall–Kier alpha value is -5.03. The van der Waals surface area contributed by atoms with Crippen molar-refractivity contribution < 1.29 is 17.6 Å². The van der Waals surface area contributed by atoms with Crippen LogP contribution in [-0.4, -0.2) is 45.0 Å². The molecule has 0 fully saturated rings. The summed E-state index contributed by atoms with van der Waals surface area (Å²) in [5.41, 5.74) is 5.52. The normalized spacial score (nSPS) is 11.7. The lowest BCUT2D eigenvalue weighted by atomic mass is 10.1. The fourth-order valence-corrected chi connectivity index (χ4v) is 5.36. The summed E-state index contributed by atoms with van der Waals surface area (Å²) in [6, 6.07) is 21.6. The van der Waals surface area contributed by atoms with E-state index in [0.29, 0.717) is 39.5 Å². The van der Waals surface area contributed by atoms with Crippen LogP contribution in [-0.2, 0) is 9.84 Å². The monoisotopic (exact) mass is 552 g/mol. The second-order valence-corrected chi connectivity index (χ2v) is 11.4. The maximum absolute atomic E-state index is 13.1. The molecule has 0 radical (unpaired) electrons. The third kappa shape index (κ3) is 4.56. The molecule has 6 rings (SSSR count). The number of aromatic amines is 1. The van der Waals surface area contributed by atoms with Crippen LogP contribution in [0.25, 0.3) is 39.5 Å². The van der Waals surface area contributed by atoms with Crippen molar-refractivity contribution >= 4 is 32.5 Å². The van der Waals surface area contributed by atoms with Gasteiger partial charge in [-0.3, -0.25) is 9.89 Å². The molecular weight excluding hydrogens is 528 g/mol. The van der Waals surface area contributed by atoms with Gasteiger partial charge in [-0.15, -0.1) is 0 Å². The lowest BCUT2D eigenvalue weighted by Crippen LogP contribution is -2.13. The minimum atomic E-state index is -3.38. The van der Waals surface area contributed by atoms with E-state index in [9.17, 15) is 13.2 Å². The van der Waals surface area contributed by atoms with Crippen molar-refractivity contribution in [3.63, 3.8) is 0 Å². The predicted molar refractivity (Wildman–Crippen MR) is 151 cm³/mol. The SMILES string of the molecule is CCS(=O)(=O)c1ccc2oc(-c3cn[nH]c3-c3cccc(NC(=O)c4cnn(-c5ccccc5)c4C)c3)nc2c1. The fraction of sp³-hybridized carbons (Fsp3) is 0.103. The standard InChI is InChI=1S/C29H24N6O4S/c1-3-40(37,38)22-12-13-26-25(15-22)33-29(39-26)24-16-30-34-27(24)19-8-7-9-20(14-19)32-28(36)23-17-31-35(18(23)2)21-10-5-4-6-11-21/h4-17H,3H2,1-2H3,(H,30,34)(H,32,36). The van der Waals surface area contributed by atoms with Crippen LogP contribution in [0, 0.1) is 6.92 Å². The molecule has 0 saturated carbocycles. The van der Waals surface area contributed by atoms with Crippen LogP contribution < -0.4 is 5.32 Å². The largest absolute Gasteiger partial charge is 0.436 e. The molecule has 3 heterocycles. The van der Waals surface area contributed by atoms with Gasteiger partial charge in [-0.1, -0.05) is 37.3 Å². The Morgan fingerprint density at radius 3 is 2.65 bits per heavy atom. The number of rotatable bonds is 7. The number of amides is 1. The number of nitrogens with one attached hydrogen (secondary N) is 2. The maximum Gasteiger partial charge on any atom is 0.259 e. The molecule has 11 heteroatoms. The van der Waals surface area contributed by atoms with Crippen LogP contribution in [0.2, 0.25) is 0 Å².